The summed E-state index contributed by atoms with van der Waals surface area (Å²) in [5.74, 6) is 5.86. The number of rotatable bonds is 5. The summed E-state index contributed by atoms with van der Waals surface area (Å²) in [4.78, 5) is 3.69. The van der Waals surface area contributed by atoms with E-state index in [0.29, 0.717) is 27.0 Å². The fraction of sp³-hybridized carbons (Fsp3) is 0.250. The van der Waals surface area contributed by atoms with E-state index in [1.807, 2.05) is 0 Å². The van der Waals surface area contributed by atoms with Gasteiger partial charge in [0.25, 0.3) is 0 Å². The normalized spacial score (nSPS) is 13.2. The Morgan fingerprint density at radius 1 is 1.43 bits per heavy atom. The van der Waals surface area contributed by atoms with Crippen LogP contribution in [-0.2, 0) is 6.18 Å². The van der Waals surface area contributed by atoms with Crippen LogP contribution in [0.25, 0.3) is 0 Å². The molecular weight excluding hydrogens is 327 g/mol. The quantitative estimate of drug-likeness (QED) is 0.648. The van der Waals surface area contributed by atoms with E-state index in [4.69, 9.17) is 22.2 Å². The molecule has 1 aromatic carbocycles. The van der Waals surface area contributed by atoms with Gasteiger partial charge in [-0.3, -0.25) is 5.84 Å². The van der Waals surface area contributed by atoms with Gasteiger partial charge in [-0.2, -0.15) is 13.2 Å². The van der Waals surface area contributed by atoms with Crippen molar-refractivity contribution in [2.45, 2.75) is 12.2 Å². The van der Waals surface area contributed by atoms with E-state index < -0.39 is 17.2 Å². The Labute approximate surface area is 127 Å². The largest absolute Gasteiger partial charge is 0.491 e. The molecule has 9 heteroatoms. The van der Waals surface area contributed by atoms with E-state index in [-0.39, 0.29) is 6.61 Å². The molecule has 0 saturated carbocycles. The van der Waals surface area contributed by atoms with E-state index in [1.165, 1.54) is 0 Å². The summed E-state index contributed by atoms with van der Waals surface area (Å²) in [6.45, 7) is 0.0519. The van der Waals surface area contributed by atoms with Crippen LogP contribution in [-0.4, -0.2) is 11.6 Å². The first-order valence-corrected chi connectivity index (χ1v) is 6.97. The molecule has 1 atom stereocenters. The molecule has 0 aliphatic heterocycles. The number of ether oxygens (including phenoxy) is 1. The zero-order valence-corrected chi connectivity index (χ0v) is 12.1. The molecule has 0 aliphatic carbocycles. The van der Waals surface area contributed by atoms with Gasteiger partial charge >= 0.3 is 6.18 Å². The summed E-state index contributed by atoms with van der Waals surface area (Å²) in [6.07, 6.45) is -3.32. The average Bonchev–Trinajstić information content (AvgIpc) is 2.89. The fourth-order valence-electron chi connectivity index (χ4n) is 1.53. The SMILES string of the molecule is NNC(COc1cccc(Cl)c1)c1cnc(C(F)(F)F)s1. The molecule has 114 valence electrons. The van der Waals surface area contributed by atoms with Crippen molar-refractivity contribution >= 4 is 22.9 Å². The molecule has 0 spiro atoms. The van der Waals surface area contributed by atoms with Crippen LogP contribution in [0.1, 0.15) is 15.9 Å². The lowest BCUT2D eigenvalue weighted by Gasteiger charge is -2.15. The standard InChI is InChI=1S/C12H11ClF3N3OS/c13-7-2-1-3-8(4-7)20-6-9(19-17)10-5-18-11(21-10)12(14,15)16/h1-5,9,19H,6,17H2. The lowest BCUT2D eigenvalue weighted by Crippen LogP contribution is -2.31. The van der Waals surface area contributed by atoms with Crippen molar-refractivity contribution in [3.63, 3.8) is 0 Å². The molecule has 0 amide bonds. The van der Waals surface area contributed by atoms with Crippen LogP contribution in [0.15, 0.2) is 30.5 Å². The average molecular weight is 338 g/mol. The van der Waals surface area contributed by atoms with Crippen LogP contribution in [0.4, 0.5) is 13.2 Å². The zero-order chi connectivity index (χ0) is 15.5. The third-order valence-corrected chi connectivity index (χ3v) is 3.91. The predicted molar refractivity (Wildman–Crippen MR) is 74.1 cm³/mol. The minimum atomic E-state index is -4.46. The van der Waals surface area contributed by atoms with Gasteiger partial charge in [0.1, 0.15) is 12.4 Å². The first-order chi connectivity index (χ1) is 9.90. The molecule has 1 heterocycles. The summed E-state index contributed by atoms with van der Waals surface area (Å²) >= 11 is 6.34. The Balaban J connectivity index is 2.05. The monoisotopic (exact) mass is 337 g/mol. The van der Waals surface area contributed by atoms with E-state index in [0.717, 1.165) is 6.20 Å². The number of hydrogen-bond acceptors (Lipinski definition) is 5. The molecule has 0 aliphatic rings. The van der Waals surface area contributed by atoms with Crippen LogP contribution < -0.4 is 16.0 Å². The Morgan fingerprint density at radius 3 is 2.76 bits per heavy atom. The Kier molecular flexibility index (Phi) is 5.04. The van der Waals surface area contributed by atoms with Crippen molar-refractivity contribution in [3.8, 4) is 5.75 Å². The Bertz CT molecular complexity index is 605. The summed E-state index contributed by atoms with van der Waals surface area (Å²) in [6, 6.07) is 6.08. The van der Waals surface area contributed by atoms with E-state index in [2.05, 4.69) is 10.4 Å². The summed E-state index contributed by atoms with van der Waals surface area (Å²) in [7, 11) is 0. The Morgan fingerprint density at radius 2 is 2.19 bits per heavy atom. The van der Waals surface area contributed by atoms with Gasteiger partial charge < -0.3 is 4.74 Å². The third kappa shape index (κ3) is 4.31. The highest BCUT2D eigenvalue weighted by Crippen LogP contribution is 2.34. The number of hydrazine groups is 1. The van der Waals surface area contributed by atoms with Crippen molar-refractivity contribution in [3.05, 3.63) is 45.4 Å². The van der Waals surface area contributed by atoms with Gasteiger partial charge in [0.2, 0.25) is 0 Å². The van der Waals surface area contributed by atoms with Gasteiger partial charge in [0.05, 0.1) is 6.04 Å². The highest BCUT2D eigenvalue weighted by molar-refractivity contribution is 7.11. The van der Waals surface area contributed by atoms with Crippen LogP contribution in [0.2, 0.25) is 5.02 Å². The molecule has 0 bridgehead atoms. The lowest BCUT2D eigenvalue weighted by molar-refractivity contribution is -0.137. The van der Waals surface area contributed by atoms with E-state index in [9.17, 15) is 13.2 Å². The second kappa shape index (κ2) is 6.61. The van der Waals surface area contributed by atoms with Crippen molar-refractivity contribution < 1.29 is 17.9 Å². The first-order valence-electron chi connectivity index (χ1n) is 5.77. The maximum atomic E-state index is 12.5. The first kappa shape index (κ1) is 16.0. The maximum Gasteiger partial charge on any atom is 0.443 e. The highest BCUT2D eigenvalue weighted by atomic mass is 35.5. The number of benzene rings is 1. The van der Waals surface area contributed by atoms with Gasteiger partial charge in [-0.15, -0.1) is 11.3 Å². The number of aromatic nitrogens is 1. The molecule has 4 nitrogen and oxygen atoms in total. The molecule has 1 aromatic heterocycles. The van der Waals surface area contributed by atoms with Crippen molar-refractivity contribution in [1.29, 1.82) is 0 Å². The maximum absolute atomic E-state index is 12.5. The number of thiazole rings is 1. The van der Waals surface area contributed by atoms with Gasteiger partial charge in [-0.25, -0.2) is 10.4 Å². The lowest BCUT2D eigenvalue weighted by atomic mass is 10.3. The molecule has 3 N–H and O–H groups in total. The van der Waals surface area contributed by atoms with Crippen LogP contribution in [0, 0.1) is 0 Å². The van der Waals surface area contributed by atoms with Gasteiger partial charge in [0.15, 0.2) is 5.01 Å². The van der Waals surface area contributed by atoms with E-state index >= 15 is 0 Å². The highest BCUT2D eigenvalue weighted by Gasteiger charge is 2.35. The summed E-state index contributed by atoms with van der Waals surface area (Å²) in [5.41, 5.74) is 2.41. The predicted octanol–water partition coefficient (Wildman–Crippen LogP) is 3.40. The molecule has 2 rings (SSSR count). The van der Waals surface area contributed by atoms with Crippen molar-refractivity contribution in [2.24, 2.45) is 5.84 Å². The smallest absolute Gasteiger partial charge is 0.443 e. The minimum absolute atomic E-state index is 0.0519. The van der Waals surface area contributed by atoms with Gasteiger partial charge in [-0.05, 0) is 18.2 Å². The molecule has 21 heavy (non-hydrogen) atoms. The van der Waals surface area contributed by atoms with Crippen molar-refractivity contribution in [1.82, 2.24) is 10.4 Å². The molecule has 0 saturated heterocycles. The second-order valence-corrected chi connectivity index (χ2v) is 5.55. The molecular formula is C12H11ClF3N3OS. The number of hydrogen-bond donors (Lipinski definition) is 2. The molecule has 0 fully saturated rings. The van der Waals surface area contributed by atoms with Crippen molar-refractivity contribution in [2.75, 3.05) is 6.61 Å². The molecule has 0 radical (unpaired) electrons. The number of alkyl halides is 3. The van der Waals surface area contributed by atoms with E-state index in [1.54, 1.807) is 24.3 Å². The minimum Gasteiger partial charge on any atom is -0.491 e. The Hall–Kier alpha value is -1.35. The van der Waals surface area contributed by atoms with Crippen LogP contribution in [0.3, 0.4) is 0 Å². The topological polar surface area (TPSA) is 60.2 Å². The summed E-state index contributed by atoms with van der Waals surface area (Å²) in [5, 5.41) is -0.414. The number of halogens is 4. The summed E-state index contributed by atoms with van der Waals surface area (Å²) < 4.78 is 43.0. The van der Waals surface area contributed by atoms with Crippen LogP contribution >= 0.6 is 22.9 Å². The second-order valence-electron chi connectivity index (χ2n) is 4.05. The zero-order valence-electron chi connectivity index (χ0n) is 10.5. The van der Waals surface area contributed by atoms with Gasteiger partial charge in [0, 0.05) is 16.1 Å². The molecule has 2 aromatic rings. The van der Waals surface area contributed by atoms with Crippen LogP contribution in [0.5, 0.6) is 5.75 Å². The third-order valence-electron chi connectivity index (χ3n) is 2.52. The number of nitrogens with two attached hydrogens (primary N) is 1. The molecule has 1 unspecified atom stereocenters. The fourth-order valence-corrected chi connectivity index (χ4v) is 2.54. The number of nitrogens with one attached hydrogen (secondary N) is 1. The number of nitrogens with zero attached hydrogens (tertiary/aromatic N) is 1. The van der Waals surface area contributed by atoms with Gasteiger partial charge in [-0.1, -0.05) is 17.7 Å².